The molecule has 2 aromatic carbocycles. The van der Waals surface area contributed by atoms with Gasteiger partial charge in [-0.05, 0) is 50.2 Å². The zero-order valence-corrected chi connectivity index (χ0v) is 16.5. The van der Waals surface area contributed by atoms with Gasteiger partial charge in [0.1, 0.15) is 0 Å². The Kier molecular flexibility index (Phi) is 6.10. The summed E-state index contributed by atoms with van der Waals surface area (Å²) in [7, 11) is 0. The summed E-state index contributed by atoms with van der Waals surface area (Å²) in [6.07, 6.45) is 0. The van der Waals surface area contributed by atoms with E-state index in [0.717, 1.165) is 11.4 Å². The molecule has 0 saturated heterocycles. The number of carbonyl (C=O) groups excluding carboxylic acids is 2. The third kappa shape index (κ3) is 4.58. The van der Waals surface area contributed by atoms with E-state index in [1.54, 1.807) is 24.3 Å². The predicted octanol–water partition coefficient (Wildman–Crippen LogP) is 3.48. The molecule has 7 nitrogen and oxygen atoms in total. The fourth-order valence-corrected chi connectivity index (χ4v) is 3.49. The second kappa shape index (κ2) is 8.71. The third-order valence-electron chi connectivity index (χ3n) is 4.09. The summed E-state index contributed by atoms with van der Waals surface area (Å²) < 4.78 is 1.95. The Hall–Kier alpha value is -3.13. The summed E-state index contributed by atoms with van der Waals surface area (Å²) in [4.78, 5) is 23.6. The molecule has 1 aromatic heterocycles. The Balaban J connectivity index is 1.65. The number of amides is 1. The number of nitrogens with two attached hydrogens (primary N) is 1. The smallest absolute Gasteiger partial charge is 0.234 e. The van der Waals surface area contributed by atoms with Gasteiger partial charge < -0.3 is 15.6 Å². The van der Waals surface area contributed by atoms with Gasteiger partial charge in [-0.1, -0.05) is 23.9 Å². The molecule has 0 saturated carbocycles. The number of anilines is 2. The Morgan fingerprint density at radius 1 is 1.14 bits per heavy atom. The molecule has 3 aromatic rings. The molecule has 1 amide bonds. The lowest BCUT2D eigenvalue weighted by atomic mass is 10.1. The van der Waals surface area contributed by atoms with E-state index in [1.165, 1.54) is 18.7 Å². The summed E-state index contributed by atoms with van der Waals surface area (Å²) in [6.45, 7) is 4.18. The number of ketones is 1. The first kappa shape index (κ1) is 19.6. The molecular formula is C20H21N5O2S. The molecule has 0 unspecified atom stereocenters. The number of aromatic nitrogens is 3. The highest BCUT2D eigenvalue weighted by molar-refractivity contribution is 7.99. The van der Waals surface area contributed by atoms with Gasteiger partial charge in [0, 0.05) is 29.0 Å². The van der Waals surface area contributed by atoms with Crippen molar-refractivity contribution in [3.05, 3.63) is 54.1 Å². The number of thioether (sulfide) groups is 1. The lowest BCUT2D eigenvalue weighted by molar-refractivity contribution is -0.113. The van der Waals surface area contributed by atoms with Crippen LogP contribution < -0.4 is 11.1 Å². The topological polar surface area (TPSA) is 103 Å². The molecule has 28 heavy (non-hydrogen) atoms. The van der Waals surface area contributed by atoms with Gasteiger partial charge in [0.25, 0.3) is 0 Å². The minimum absolute atomic E-state index is 0.0108. The van der Waals surface area contributed by atoms with Crippen LogP contribution in [0.15, 0.2) is 53.7 Å². The number of hydrogen-bond donors (Lipinski definition) is 2. The van der Waals surface area contributed by atoms with Crippen LogP contribution in [0.1, 0.15) is 24.2 Å². The van der Waals surface area contributed by atoms with Crippen molar-refractivity contribution >= 4 is 34.8 Å². The maximum atomic E-state index is 12.3. The maximum Gasteiger partial charge on any atom is 0.234 e. The van der Waals surface area contributed by atoms with Gasteiger partial charge in [0.15, 0.2) is 16.8 Å². The van der Waals surface area contributed by atoms with Gasteiger partial charge in [-0.3, -0.25) is 9.59 Å². The highest BCUT2D eigenvalue weighted by Crippen LogP contribution is 2.25. The first-order valence-electron chi connectivity index (χ1n) is 8.80. The quantitative estimate of drug-likeness (QED) is 0.361. The average Bonchev–Trinajstić information content (AvgIpc) is 3.09. The van der Waals surface area contributed by atoms with Gasteiger partial charge in [-0.15, -0.1) is 10.2 Å². The molecule has 3 rings (SSSR count). The number of hydrogen-bond acceptors (Lipinski definition) is 6. The number of carbonyl (C=O) groups is 2. The molecule has 0 bridgehead atoms. The SMILES string of the molecule is CCn1c(SCC(=O)Nc2ccc(C(C)=O)cc2)nnc1-c1cccc(N)c1. The van der Waals surface area contributed by atoms with Gasteiger partial charge in [-0.25, -0.2) is 0 Å². The number of rotatable bonds is 7. The van der Waals surface area contributed by atoms with E-state index < -0.39 is 0 Å². The van der Waals surface area contributed by atoms with Crippen molar-refractivity contribution in [2.45, 2.75) is 25.5 Å². The Bertz CT molecular complexity index is 998. The predicted molar refractivity (Wildman–Crippen MR) is 111 cm³/mol. The first-order chi connectivity index (χ1) is 13.5. The molecule has 0 aliphatic heterocycles. The summed E-state index contributed by atoms with van der Waals surface area (Å²) in [5, 5.41) is 12.0. The second-order valence-corrected chi connectivity index (χ2v) is 7.09. The molecule has 3 N–H and O–H groups in total. The minimum Gasteiger partial charge on any atom is -0.399 e. The number of Topliss-reactive ketones (excluding diaryl/α,β-unsaturated/α-hetero) is 1. The van der Waals surface area contributed by atoms with Crippen LogP contribution in [0, 0.1) is 0 Å². The zero-order chi connectivity index (χ0) is 20.1. The van der Waals surface area contributed by atoms with E-state index in [4.69, 9.17) is 5.73 Å². The fourth-order valence-electron chi connectivity index (χ4n) is 2.69. The molecule has 144 valence electrons. The molecule has 0 atom stereocenters. The van der Waals surface area contributed by atoms with E-state index in [1.807, 2.05) is 35.8 Å². The van der Waals surface area contributed by atoms with Crippen molar-refractivity contribution in [1.29, 1.82) is 0 Å². The first-order valence-corrected chi connectivity index (χ1v) is 9.79. The second-order valence-electron chi connectivity index (χ2n) is 6.15. The molecule has 0 aliphatic rings. The van der Waals surface area contributed by atoms with Crippen LogP contribution in [0.4, 0.5) is 11.4 Å². The molecule has 8 heteroatoms. The van der Waals surface area contributed by atoms with Gasteiger partial charge >= 0.3 is 0 Å². The lowest BCUT2D eigenvalue weighted by Gasteiger charge is -2.08. The maximum absolute atomic E-state index is 12.3. The minimum atomic E-state index is -0.156. The number of benzene rings is 2. The van der Waals surface area contributed by atoms with E-state index in [-0.39, 0.29) is 17.4 Å². The van der Waals surface area contributed by atoms with Crippen LogP contribution in [0.3, 0.4) is 0 Å². The van der Waals surface area contributed by atoms with Crippen molar-refractivity contribution in [3.8, 4) is 11.4 Å². The number of nitrogens with one attached hydrogen (secondary N) is 1. The van der Waals surface area contributed by atoms with Crippen LogP contribution in [0.2, 0.25) is 0 Å². The summed E-state index contributed by atoms with van der Waals surface area (Å²) in [5.74, 6) is 0.751. The normalized spacial score (nSPS) is 10.6. The molecule has 1 heterocycles. The van der Waals surface area contributed by atoms with Crippen LogP contribution in [-0.2, 0) is 11.3 Å². The Morgan fingerprint density at radius 2 is 1.89 bits per heavy atom. The molecule has 0 fully saturated rings. The molecular weight excluding hydrogens is 374 g/mol. The monoisotopic (exact) mass is 395 g/mol. The summed E-state index contributed by atoms with van der Waals surface area (Å²) >= 11 is 1.32. The number of nitrogens with zero attached hydrogens (tertiary/aromatic N) is 3. The Labute approximate surface area is 167 Å². The van der Waals surface area contributed by atoms with E-state index in [0.29, 0.717) is 28.6 Å². The van der Waals surface area contributed by atoms with Gasteiger partial charge in [-0.2, -0.15) is 0 Å². The van der Waals surface area contributed by atoms with Crippen molar-refractivity contribution in [3.63, 3.8) is 0 Å². The van der Waals surface area contributed by atoms with Crippen molar-refractivity contribution in [2.75, 3.05) is 16.8 Å². The molecule has 0 spiro atoms. The van der Waals surface area contributed by atoms with Crippen LogP contribution in [0.5, 0.6) is 0 Å². The third-order valence-corrected chi connectivity index (χ3v) is 5.05. The van der Waals surface area contributed by atoms with Crippen LogP contribution >= 0.6 is 11.8 Å². The molecule has 0 aliphatic carbocycles. The van der Waals surface area contributed by atoms with Crippen LogP contribution in [0.25, 0.3) is 11.4 Å². The molecule has 0 radical (unpaired) electrons. The van der Waals surface area contributed by atoms with E-state index >= 15 is 0 Å². The summed E-state index contributed by atoms with van der Waals surface area (Å²) in [5.41, 5.74) is 8.66. The van der Waals surface area contributed by atoms with Crippen molar-refractivity contribution in [2.24, 2.45) is 0 Å². The number of nitrogen functional groups attached to an aromatic ring is 1. The van der Waals surface area contributed by atoms with Crippen molar-refractivity contribution < 1.29 is 9.59 Å². The fraction of sp³-hybridized carbons (Fsp3) is 0.200. The Morgan fingerprint density at radius 3 is 2.54 bits per heavy atom. The standard InChI is InChI=1S/C20H21N5O2S/c1-3-25-19(15-5-4-6-16(21)11-15)23-24-20(25)28-12-18(27)22-17-9-7-14(8-10-17)13(2)26/h4-11H,3,12,21H2,1-2H3,(H,22,27). The lowest BCUT2D eigenvalue weighted by Crippen LogP contribution is -2.14. The highest BCUT2D eigenvalue weighted by Gasteiger charge is 2.15. The highest BCUT2D eigenvalue weighted by atomic mass is 32.2. The summed E-state index contributed by atoms with van der Waals surface area (Å²) in [6, 6.07) is 14.3. The van der Waals surface area contributed by atoms with E-state index in [2.05, 4.69) is 15.5 Å². The van der Waals surface area contributed by atoms with Crippen LogP contribution in [-0.4, -0.2) is 32.2 Å². The van der Waals surface area contributed by atoms with E-state index in [9.17, 15) is 9.59 Å². The van der Waals surface area contributed by atoms with Gasteiger partial charge in [0.05, 0.1) is 5.75 Å². The zero-order valence-electron chi connectivity index (χ0n) is 15.7. The largest absolute Gasteiger partial charge is 0.399 e. The average molecular weight is 395 g/mol. The van der Waals surface area contributed by atoms with Gasteiger partial charge in [0.2, 0.25) is 5.91 Å². The van der Waals surface area contributed by atoms with Crippen molar-refractivity contribution in [1.82, 2.24) is 14.8 Å².